The minimum absolute atomic E-state index is 0.215. The third-order valence-corrected chi connectivity index (χ3v) is 2.98. The number of nitrogen functional groups attached to an aromatic ring is 1. The van der Waals surface area contributed by atoms with Crippen molar-refractivity contribution >= 4 is 17.3 Å². The summed E-state index contributed by atoms with van der Waals surface area (Å²) in [7, 11) is 0. The molecule has 1 aromatic heterocycles. The van der Waals surface area contributed by atoms with Crippen molar-refractivity contribution in [3.8, 4) is 5.69 Å². The lowest BCUT2D eigenvalue weighted by atomic mass is 9.91. The van der Waals surface area contributed by atoms with Crippen molar-refractivity contribution in [2.75, 3.05) is 5.73 Å². The van der Waals surface area contributed by atoms with Crippen molar-refractivity contribution in [2.45, 2.75) is 26.2 Å². The number of hydrogen-bond acceptors (Lipinski definition) is 2. The molecule has 0 aliphatic carbocycles. The predicted molar refractivity (Wildman–Crippen MR) is 74.5 cm³/mol. The van der Waals surface area contributed by atoms with Gasteiger partial charge >= 0.3 is 0 Å². The van der Waals surface area contributed by atoms with Crippen LogP contribution in [0.1, 0.15) is 26.5 Å². The summed E-state index contributed by atoms with van der Waals surface area (Å²) in [6.45, 7) is 5.99. The molecule has 3 N–H and O–H groups in total. The minimum Gasteiger partial charge on any atom is -0.393 e. The lowest BCUT2D eigenvalue weighted by Crippen LogP contribution is -2.17. The Balaban J connectivity index is 2.64. The second-order valence-corrected chi connectivity index (χ2v) is 5.71. The number of benzene rings is 1. The quantitative estimate of drug-likeness (QED) is 0.833. The summed E-state index contributed by atoms with van der Waals surface area (Å²) in [4.78, 5) is 12.1. The number of halogens is 1. The largest absolute Gasteiger partial charge is 0.393 e. The highest BCUT2D eigenvalue weighted by Crippen LogP contribution is 2.24. The highest BCUT2D eigenvalue weighted by Gasteiger charge is 2.23. The van der Waals surface area contributed by atoms with E-state index in [0.29, 0.717) is 10.7 Å². The zero-order valence-electron chi connectivity index (χ0n) is 10.6. The highest BCUT2D eigenvalue weighted by molar-refractivity contribution is 6.30. The molecule has 96 valence electrons. The summed E-state index contributed by atoms with van der Waals surface area (Å²) in [6, 6.07) is 7.06. The van der Waals surface area contributed by atoms with Gasteiger partial charge in [-0.2, -0.15) is 0 Å². The zero-order chi connectivity index (χ0) is 13.5. The summed E-state index contributed by atoms with van der Waals surface area (Å²) in [5.41, 5.74) is 7.06. The molecular formula is C13H16ClN3O. The second-order valence-electron chi connectivity index (χ2n) is 5.27. The van der Waals surface area contributed by atoms with Crippen molar-refractivity contribution in [3.63, 3.8) is 0 Å². The van der Waals surface area contributed by atoms with Crippen molar-refractivity contribution in [2.24, 2.45) is 0 Å². The molecule has 0 bridgehead atoms. The van der Waals surface area contributed by atoms with Crippen LogP contribution in [0.15, 0.2) is 29.1 Å². The van der Waals surface area contributed by atoms with Crippen molar-refractivity contribution in [1.82, 2.24) is 9.78 Å². The molecule has 0 aliphatic rings. The van der Waals surface area contributed by atoms with Crippen molar-refractivity contribution < 1.29 is 0 Å². The molecule has 0 amide bonds. The van der Waals surface area contributed by atoms with Crippen LogP contribution in [-0.2, 0) is 5.41 Å². The number of anilines is 1. The lowest BCUT2D eigenvalue weighted by Gasteiger charge is -2.16. The van der Waals surface area contributed by atoms with Gasteiger partial charge in [0.25, 0.3) is 5.56 Å². The van der Waals surface area contributed by atoms with Gasteiger partial charge in [0.1, 0.15) is 5.69 Å². The maximum absolute atomic E-state index is 12.1. The van der Waals surface area contributed by atoms with Crippen LogP contribution in [0.5, 0.6) is 0 Å². The van der Waals surface area contributed by atoms with Crippen LogP contribution in [0, 0.1) is 0 Å². The fourth-order valence-electron chi connectivity index (χ4n) is 1.82. The van der Waals surface area contributed by atoms with E-state index in [9.17, 15) is 4.79 Å². The molecular weight excluding hydrogens is 250 g/mol. The zero-order valence-corrected chi connectivity index (χ0v) is 11.4. The number of aromatic amines is 1. The lowest BCUT2D eigenvalue weighted by molar-refractivity contribution is 0.562. The maximum atomic E-state index is 12.1. The smallest absolute Gasteiger partial charge is 0.294 e. The van der Waals surface area contributed by atoms with Gasteiger partial charge in [0.2, 0.25) is 0 Å². The highest BCUT2D eigenvalue weighted by atomic mass is 35.5. The molecule has 1 aromatic carbocycles. The summed E-state index contributed by atoms with van der Waals surface area (Å²) < 4.78 is 1.42. The summed E-state index contributed by atoms with van der Waals surface area (Å²) in [5.74, 6) is 0. The standard InChI is InChI=1S/C13H16ClN3O/c1-13(2,3)11-10(15)12(18)17(16-11)9-6-4-5-8(14)7-9/h4-7,16H,15H2,1-3H3. The summed E-state index contributed by atoms with van der Waals surface area (Å²) in [5, 5.41) is 3.63. The molecule has 0 unspecified atom stereocenters. The number of nitrogens with two attached hydrogens (primary N) is 1. The van der Waals surface area contributed by atoms with E-state index in [1.54, 1.807) is 24.3 Å². The van der Waals surface area contributed by atoms with E-state index in [1.807, 2.05) is 20.8 Å². The molecule has 0 fully saturated rings. The topological polar surface area (TPSA) is 63.8 Å². The number of hydrogen-bond donors (Lipinski definition) is 2. The third kappa shape index (κ3) is 2.16. The van der Waals surface area contributed by atoms with Gasteiger partial charge in [-0.1, -0.05) is 38.4 Å². The van der Waals surface area contributed by atoms with Gasteiger partial charge in [0, 0.05) is 10.4 Å². The van der Waals surface area contributed by atoms with Gasteiger partial charge in [0.15, 0.2) is 0 Å². The monoisotopic (exact) mass is 265 g/mol. The van der Waals surface area contributed by atoms with Crippen LogP contribution in [0.4, 0.5) is 5.69 Å². The molecule has 1 heterocycles. The molecule has 4 nitrogen and oxygen atoms in total. The minimum atomic E-state index is -0.248. The summed E-state index contributed by atoms with van der Waals surface area (Å²) >= 11 is 5.92. The first-order chi connectivity index (χ1) is 8.30. The van der Waals surface area contributed by atoms with E-state index < -0.39 is 0 Å². The Morgan fingerprint density at radius 1 is 1.33 bits per heavy atom. The van der Waals surface area contributed by atoms with Crippen LogP contribution >= 0.6 is 11.6 Å². The van der Waals surface area contributed by atoms with Crippen LogP contribution in [0.3, 0.4) is 0 Å². The molecule has 5 heteroatoms. The number of nitrogens with one attached hydrogen (secondary N) is 1. The Bertz CT molecular complexity index is 634. The average molecular weight is 266 g/mol. The van der Waals surface area contributed by atoms with Crippen LogP contribution in [0.25, 0.3) is 5.69 Å². The molecule has 0 atom stereocenters. The average Bonchev–Trinajstić information content (AvgIpc) is 2.55. The van der Waals surface area contributed by atoms with E-state index in [2.05, 4.69) is 5.10 Å². The van der Waals surface area contributed by atoms with Gasteiger partial charge in [0.05, 0.1) is 11.4 Å². The first kappa shape index (κ1) is 12.8. The van der Waals surface area contributed by atoms with E-state index in [4.69, 9.17) is 17.3 Å². The van der Waals surface area contributed by atoms with E-state index >= 15 is 0 Å². The molecule has 0 saturated carbocycles. The van der Waals surface area contributed by atoms with E-state index in [0.717, 1.165) is 5.69 Å². The maximum Gasteiger partial charge on any atom is 0.294 e. The fourth-order valence-corrected chi connectivity index (χ4v) is 2.00. The van der Waals surface area contributed by atoms with Crippen LogP contribution in [-0.4, -0.2) is 9.78 Å². The van der Waals surface area contributed by atoms with Gasteiger partial charge < -0.3 is 5.73 Å². The Morgan fingerprint density at radius 2 is 2.00 bits per heavy atom. The van der Waals surface area contributed by atoms with Crippen LogP contribution < -0.4 is 11.3 Å². The van der Waals surface area contributed by atoms with Crippen LogP contribution in [0.2, 0.25) is 5.02 Å². The summed E-state index contributed by atoms with van der Waals surface area (Å²) in [6.07, 6.45) is 0. The number of rotatable bonds is 1. The Morgan fingerprint density at radius 3 is 2.50 bits per heavy atom. The normalized spacial score (nSPS) is 11.8. The van der Waals surface area contributed by atoms with Gasteiger partial charge in [-0.3, -0.25) is 9.89 Å². The van der Waals surface area contributed by atoms with Gasteiger partial charge in [-0.05, 0) is 18.2 Å². The van der Waals surface area contributed by atoms with Crippen molar-refractivity contribution in [3.05, 3.63) is 45.3 Å². The SMILES string of the molecule is CC(C)(C)c1[nH]n(-c2cccc(Cl)c2)c(=O)c1N. The third-order valence-electron chi connectivity index (χ3n) is 2.74. The molecule has 2 rings (SSSR count). The molecule has 2 aromatic rings. The van der Waals surface area contributed by atoms with Crippen molar-refractivity contribution in [1.29, 1.82) is 0 Å². The predicted octanol–water partition coefficient (Wildman–Crippen LogP) is 2.70. The van der Waals surface area contributed by atoms with Gasteiger partial charge in [-0.15, -0.1) is 0 Å². The number of H-pyrrole nitrogens is 1. The Labute approximate surface area is 110 Å². The molecule has 18 heavy (non-hydrogen) atoms. The van der Waals surface area contributed by atoms with E-state index in [-0.39, 0.29) is 16.7 Å². The Hall–Kier alpha value is -1.68. The molecule has 0 radical (unpaired) electrons. The Kier molecular flexibility index (Phi) is 2.99. The van der Waals surface area contributed by atoms with Gasteiger partial charge in [-0.25, -0.2) is 4.68 Å². The van der Waals surface area contributed by atoms with E-state index in [1.165, 1.54) is 4.68 Å². The fraction of sp³-hybridized carbons (Fsp3) is 0.308. The number of nitrogens with zero attached hydrogens (tertiary/aromatic N) is 1. The molecule has 0 saturated heterocycles. The first-order valence-corrected chi connectivity index (χ1v) is 6.05. The first-order valence-electron chi connectivity index (χ1n) is 5.67. The molecule has 0 spiro atoms. The second kappa shape index (κ2) is 4.21. The molecule has 0 aliphatic heterocycles. The number of aromatic nitrogens is 2.